The van der Waals surface area contributed by atoms with Gasteiger partial charge < -0.3 is 38.5 Å². The van der Waals surface area contributed by atoms with Crippen molar-refractivity contribution in [1.29, 1.82) is 0 Å². The minimum absolute atomic E-state index is 0.0580. The first-order chi connectivity index (χ1) is 25.7. The number of hydrogen-bond acceptors (Lipinski definition) is 9. The SMILES string of the molecule is CC(C)(C)OC(=O)N1CCN(C(=O)CCCC(=O)OCC2c3ccccc3-c3ccccc32)CCN(C(=O)OC(C)(C)C)CCN(C(=O)OC(C)(C)C)CC1. The molecule has 2 aliphatic rings. The summed E-state index contributed by atoms with van der Waals surface area (Å²) in [7, 11) is 0. The van der Waals surface area contributed by atoms with Crippen LogP contribution in [0.5, 0.6) is 0 Å². The van der Waals surface area contributed by atoms with E-state index in [9.17, 15) is 24.0 Å². The molecule has 1 saturated heterocycles. The molecule has 0 N–H and O–H groups in total. The van der Waals surface area contributed by atoms with Crippen molar-refractivity contribution in [3.05, 3.63) is 59.7 Å². The van der Waals surface area contributed by atoms with Crippen LogP contribution in [0.4, 0.5) is 14.4 Å². The van der Waals surface area contributed by atoms with Crippen LogP contribution < -0.4 is 0 Å². The average Bonchev–Trinajstić information content (AvgIpc) is 3.38. The van der Waals surface area contributed by atoms with Crippen LogP contribution in [0.3, 0.4) is 0 Å². The van der Waals surface area contributed by atoms with Gasteiger partial charge in [-0.3, -0.25) is 9.59 Å². The molecule has 0 aromatic heterocycles. The van der Waals surface area contributed by atoms with Gasteiger partial charge in [0.15, 0.2) is 0 Å². The largest absolute Gasteiger partial charge is 0.465 e. The van der Waals surface area contributed by atoms with E-state index in [0.717, 1.165) is 22.3 Å². The van der Waals surface area contributed by atoms with E-state index in [-0.39, 0.29) is 96.0 Å². The van der Waals surface area contributed by atoms with Crippen molar-refractivity contribution < 1.29 is 42.9 Å². The Labute approximate surface area is 326 Å². The molecule has 1 heterocycles. The minimum Gasteiger partial charge on any atom is -0.465 e. The number of benzene rings is 2. The highest BCUT2D eigenvalue weighted by Gasteiger charge is 2.31. The van der Waals surface area contributed by atoms with E-state index in [1.807, 2.05) is 24.3 Å². The van der Waals surface area contributed by atoms with E-state index in [4.69, 9.17) is 18.9 Å². The van der Waals surface area contributed by atoms with Crippen molar-refractivity contribution in [2.45, 2.75) is 104 Å². The summed E-state index contributed by atoms with van der Waals surface area (Å²) < 4.78 is 22.8. The Balaban J connectivity index is 1.44. The van der Waals surface area contributed by atoms with Gasteiger partial charge >= 0.3 is 24.2 Å². The topological polar surface area (TPSA) is 135 Å². The van der Waals surface area contributed by atoms with Gasteiger partial charge in [0.1, 0.15) is 23.4 Å². The lowest BCUT2D eigenvalue weighted by atomic mass is 9.98. The molecule has 2 aromatic carbocycles. The number of carbonyl (C=O) groups is 5. The fraction of sp³-hybridized carbons (Fsp3) is 0.595. The standard InChI is InChI=1S/C42H60N4O9/c1-40(2,3)53-37(49)44-23-21-43(22-24-45(38(50)54-41(4,5)6)26-28-46(27-25-44)39(51)55-42(7,8)9)35(47)19-14-20-36(48)52-29-34-32-17-12-10-15-30(32)31-16-11-13-18-33(31)34/h10-13,15-18,34H,14,19-29H2,1-9H3. The van der Waals surface area contributed by atoms with E-state index in [1.165, 1.54) is 14.7 Å². The summed E-state index contributed by atoms with van der Waals surface area (Å²) in [4.78, 5) is 72.8. The third-order valence-corrected chi connectivity index (χ3v) is 9.01. The smallest absolute Gasteiger partial charge is 0.410 e. The van der Waals surface area contributed by atoms with E-state index in [1.54, 1.807) is 67.2 Å². The maximum Gasteiger partial charge on any atom is 0.410 e. The predicted octanol–water partition coefficient (Wildman–Crippen LogP) is 7.07. The Kier molecular flexibility index (Phi) is 14.2. The molecule has 302 valence electrons. The summed E-state index contributed by atoms with van der Waals surface area (Å²) in [5, 5.41) is 0. The highest BCUT2D eigenvalue weighted by atomic mass is 16.6. The fourth-order valence-corrected chi connectivity index (χ4v) is 6.42. The third-order valence-electron chi connectivity index (χ3n) is 9.01. The molecular formula is C42H60N4O9. The lowest BCUT2D eigenvalue weighted by Gasteiger charge is -2.36. The van der Waals surface area contributed by atoms with Crippen LogP contribution in [0.1, 0.15) is 98.6 Å². The van der Waals surface area contributed by atoms with Gasteiger partial charge in [-0.25, -0.2) is 14.4 Å². The summed E-state index contributed by atoms with van der Waals surface area (Å²) in [5.74, 6) is -0.672. The number of carbonyl (C=O) groups excluding carboxylic acids is 5. The zero-order valence-corrected chi connectivity index (χ0v) is 34.1. The number of ether oxygens (including phenoxy) is 4. The molecule has 0 spiro atoms. The number of amides is 4. The van der Waals surface area contributed by atoms with E-state index in [2.05, 4.69) is 24.3 Å². The normalized spacial score (nSPS) is 15.9. The lowest BCUT2D eigenvalue weighted by molar-refractivity contribution is -0.144. The van der Waals surface area contributed by atoms with Crippen LogP contribution in [0.25, 0.3) is 11.1 Å². The van der Waals surface area contributed by atoms with Gasteiger partial charge in [0.05, 0.1) is 0 Å². The Morgan fingerprint density at radius 1 is 0.527 bits per heavy atom. The van der Waals surface area contributed by atoms with Crippen molar-refractivity contribution >= 4 is 30.2 Å². The second kappa shape index (κ2) is 18.2. The highest BCUT2D eigenvalue weighted by Crippen LogP contribution is 2.44. The van der Waals surface area contributed by atoms with Crippen LogP contribution in [0.2, 0.25) is 0 Å². The molecule has 0 unspecified atom stereocenters. The molecule has 13 nitrogen and oxygen atoms in total. The molecule has 1 fully saturated rings. The molecule has 1 aliphatic heterocycles. The Morgan fingerprint density at radius 3 is 1.24 bits per heavy atom. The van der Waals surface area contributed by atoms with Gasteiger partial charge in [0.25, 0.3) is 0 Å². The van der Waals surface area contributed by atoms with Gasteiger partial charge in [0.2, 0.25) is 5.91 Å². The monoisotopic (exact) mass is 764 g/mol. The highest BCUT2D eigenvalue weighted by molar-refractivity contribution is 5.80. The molecular weight excluding hydrogens is 704 g/mol. The van der Waals surface area contributed by atoms with Crippen molar-refractivity contribution in [2.75, 3.05) is 59.0 Å². The molecule has 0 bridgehead atoms. The maximum absolute atomic E-state index is 13.8. The zero-order chi connectivity index (χ0) is 40.6. The van der Waals surface area contributed by atoms with Crippen molar-refractivity contribution in [3.63, 3.8) is 0 Å². The van der Waals surface area contributed by atoms with Gasteiger partial charge in [-0.05, 0) is 91.0 Å². The first-order valence-electron chi connectivity index (χ1n) is 19.3. The summed E-state index contributed by atoms with van der Waals surface area (Å²) in [5.41, 5.74) is 2.24. The molecule has 0 saturated carbocycles. The van der Waals surface area contributed by atoms with Gasteiger partial charge in [-0.1, -0.05) is 48.5 Å². The van der Waals surface area contributed by atoms with E-state index >= 15 is 0 Å². The molecule has 55 heavy (non-hydrogen) atoms. The fourth-order valence-electron chi connectivity index (χ4n) is 6.42. The van der Waals surface area contributed by atoms with Crippen molar-refractivity contribution in [2.24, 2.45) is 0 Å². The number of esters is 1. The molecule has 13 heteroatoms. The number of fused-ring (bicyclic) bond motifs is 3. The number of nitrogens with zero attached hydrogens (tertiary/aromatic N) is 4. The van der Waals surface area contributed by atoms with Crippen molar-refractivity contribution in [1.82, 2.24) is 19.6 Å². The second-order valence-electron chi connectivity index (χ2n) is 17.0. The number of rotatable bonds is 6. The molecule has 4 amide bonds. The molecule has 0 atom stereocenters. The first-order valence-corrected chi connectivity index (χ1v) is 19.3. The zero-order valence-electron chi connectivity index (χ0n) is 34.1. The Morgan fingerprint density at radius 2 is 0.873 bits per heavy atom. The van der Waals surface area contributed by atoms with Crippen molar-refractivity contribution in [3.8, 4) is 11.1 Å². The van der Waals surface area contributed by atoms with Gasteiger partial charge in [0, 0.05) is 71.1 Å². The van der Waals surface area contributed by atoms with Crippen LogP contribution in [-0.2, 0) is 28.5 Å². The molecule has 2 aromatic rings. The van der Waals surface area contributed by atoms with Crippen LogP contribution >= 0.6 is 0 Å². The van der Waals surface area contributed by atoms with Crippen LogP contribution in [0, 0.1) is 0 Å². The number of hydrogen-bond donors (Lipinski definition) is 0. The summed E-state index contributed by atoms with van der Waals surface area (Å²) >= 11 is 0. The Hall–Kier alpha value is -4.81. The maximum atomic E-state index is 13.8. The molecule has 4 rings (SSSR count). The van der Waals surface area contributed by atoms with E-state index < -0.39 is 35.1 Å². The second-order valence-corrected chi connectivity index (χ2v) is 17.0. The van der Waals surface area contributed by atoms with Crippen LogP contribution in [-0.4, -0.2) is 126 Å². The molecule has 0 radical (unpaired) electrons. The predicted molar refractivity (Wildman–Crippen MR) is 209 cm³/mol. The summed E-state index contributed by atoms with van der Waals surface area (Å²) in [6.45, 7) is 17.0. The molecule has 1 aliphatic carbocycles. The van der Waals surface area contributed by atoms with Crippen LogP contribution in [0.15, 0.2) is 48.5 Å². The average molecular weight is 765 g/mol. The minimum atomic E-state index is -0.770. The summed E-state index contributed by atoms with van der Waals surface area (Å²) in [6, 6.07) is 16.3. The lowest BCUT2D eigenvalue weighted by Crippen LogP contribution is -2.52. The van der Waals surface area contributed by atoms with E-state index in [0.29, 0.717) is 0 Å². The first kappa shape index (κ1) is 42.9. The van der Waals surface area contributed by atoms with Gasteiger partial charge in [-0.2, -0.15) is 0 Å². The van der Waals surface area contributed by atoms with Gasteiger partial charge in [-0.15, -0.1) is 0 Å². The Bertz CT molecular complexity index is 1580. The summed E-state index contributed by atoms with van der Waals surface area (Å²) in [6.07, 6.45) is -1.34. The third kappa shape index (κ3) is 13.2. The quantitative estimate of drug-likeness (QED) is 0.224.